The Morgan fingerprint density at radius 3 is 2.74 bits per heavy atom. The molecule has 2 aromatic carbocycles. The zero-order chi connectivity index (χ0) is 28.5. The van der Waals surface area contributed by atoms with Crippen LogP contribution in [0.5, 0.6) is 5.75 Å². The largest absolute Gasteiger partial charge is 0.527 e. The highest BCUT2D eigenvalue weighted by molar-refractivity contribution is 7.99. The van der Waals surface area contributed by atoms with E-state index in [1.54, 1.807) is 25.2 Å². The molecule has 216 valence electrons. The first-order valence-corrected chi connectivity index (χ1v) is 16.6. The minimum absolute atomic E-state index is 0.225. The predicted molar refractivity (Wildman–Crippen MR) is 161 cm³/mol. The van der Waals surface area contributed by atoms with Gasteiger partial charge < -0.3 is 19.6 Å². The highest BCUT2D eigenvalue weighted by atomic mass is 32.2. The molecule has 0 saturated heterocycles. The molecule has 4 aliphatic carbocycles. The van der Waals surface area contributed by atoms with Crippen LogP contribution < -0.4 is 10.1 Å². The van der Waals surface area contributed by atoms with Gasteiger partial charge in [0.05, 0.1) is 23.0 Å². The molecule has 3 atom stereocenters. The average molecular weight is 603 g/mol. The number of hydrogen-bond donors (Lipinski definition) is 3. The minimum atomic E-state index is -4.49. The molecule has 4 saturated carbocycles. The van der Waals surface area contributed by atoms with Crippen LogP contribution in [0.4, 0.5) is 5.82 Å². The van der Waals surface area contributed by atoms with Gasteiger partial charge in [-0.3, -0.25) is 9.42 Å². The molecule has 2 aromatic heterocycles. The van der Waals surface area contributed by atoms with E-state index in [0.29, 0.717) is 47.7 Å². The number of anilines is 1. The Hall–Kier alpha value is -3.30. The van der Waals surface area contributed by atoms with Gasteiger partial charge in [-0.2, -0.15) is 0 Å². The predicted octanol–water partition coefficient (Wildman–Crippen LogP) is 7.12. The summed E-state index contributed by atoms with van der Waals surface area (Å²) in [6.07, 6.45) is 9.60. The Morgan fingerprint density at radius 2 is 1.90 bits per heavy atom. The van der Waals surface area contributed by atoms with Crippen molar-refractivity contribution in [1.82, 2.24) is 15.0 Å². The summed E-state index contributed by atoms with van der Waals surface area (Å²) in [5, 5.41) is 4.70. The van der Waals surface area contributed by atoms with Gasteiger partial charge in [0, 0.05) is 22.7 Å². The van der Waals surface area contributed by atoms with Crippen LogP contribution in [0.25, 0.3) is 22.9 Å². The van der Waals surface area contributed by atoms with Gasteiger partial charge in [-0.15, -0.1) is 0 Å². The molecule has 0 amide bonds. The van der Waals surface area contributed by atoms with Crippen molar-refractivity contribution in [2.75, 3.05) is 12.4 Å². The molecule has 4 fully saturated rings. The molecule has 4 bridgehead atoms. The molecule has 42 heavy (non-hydrogen) atoms. The first-order chi connectivity index (χ1) is 20.4. The molecule has 3 unspecified atom stereocenters. The Bertz CT molecular complexity index is 1760. The number of phosphoric ester groups is 1. The molecule has 3 heterocycles. The summed E-state index contributed by atoms with van der Waals surface area (Å²) in [6.45, 7) is 0. The molecule has 3 N–H and O–H groups in total. The smallest absolute Gasteiger partial charge is 0.496 e. The fourth-order valence-corrected chi connectivity index (χ4v) is 10.2. The van der Waals surface area contributed by atoms with E-state index in [9.17, 15) is 9.46 Å². The minimum Gasteiger partial charge on any atom is -0.496 e. The number of aromatic nitrogens is 3. The summed E-state index contributed by atoms with van der Waals surface area (Å²) in [6, 6.07) is 15.8. The third-order valence-electron chi connectivity index (χ3n) is 9.28. The zero-order valence-corrected chi connectivity index (χ0v) is 24.7. The first kappa shape index (κ1) is 26.3. The second-order valence-corrected chi connectivity index (χ2v) is 14.3. The summed E-state index contributed by atoms with van der Waals surface area (Å²) in [5.41, 5.74) is 1.72. The molecule has 9 rings (SSSR count). The van der Waals surface area contributed by atoms with Gasteiger partial charge in [-0.05, 0) is 85.8 Å². The van der Waals surface area contributed by atoms with Crippen LogP contribution >= 0.6 is 19.6 Å². The van der Waals surface area contributed by atoms with E-state index in [-0.39, 0.29) is 6.04 Å². The van der Waals surface area contributed by atoms with E-state index >= 15 is 0 Å². The van der Waals surface area contributed by atoms with Crippen LogP contribution in [0.3, 0.4) is 0 Å². The maximum Gasteiger partial charge on any atom is 0.527 e. The third-order valence-corrected chi connectivity index (χ3v) is 11.5. The number of benzene rings is 2. The standard InChI is InChI=1S/C31H31N4O5PS/c1-38-24-7-4-6-22-25(13-19-5-2-3-8-26(19)42-28(22)24)39-41(36,37)40-31-14-18-11-20(15-31)27(21(12-18)16-31)35-30-23-9-10-32-29(23)33-17-34-30/h2-10,13,17-18,20-21,27H,11-12,14-16H2,1H3,(H,36,37)(H2,32,33,34,35). The quantitative estimate of drug-likeness (QED) is 0.190. The van der Waals surface area contributed by atoms with Gasteiger partial charge >= 0.3 is 7.82 Å². The summed E-state index contributed by atoms with van der Waals surface area (Å²) in [5.74, 6) is 2.89. The molecule has 0 radical (unpaired) electrons. The van der Waals surface area contributed by atoms with Crippen molar-refractivity contribution < 1.29 is 23.2 Å². The van der Waals surface area contributed by atoms with Crippen LogP contribution in [0.1, 0.15) is 43.2 Å². The van der Waals surface area contributed by atoms with Gasteiger partial charge in [-0.25, -0.2) is 14.5 Å². The lowest BCUT2D eigenvalue weighted by Gasteiger charge is -2.59. The van der Waals surface area contributed by atoms with E-state index in [1.165, 1.54) is 0 Å². The van der Waals surface area contributed by atoms with Gasteiger partial charge in [0.25, 0.3) is 0 Å². The Morgan fingerprint density at radius 1 is 1.07 bits per heavy atom. The van der Waals surface area contributed by atoms with Crippen molar-refractivity contribution in [2.45, 2.75) is 53.5 Å². The van der Waals surface area contributed by atoms with Crippen molar-refractivity contribution in [3.63, 3.8) is 0 Å². The number of methoxy groups -OCH3 is 1. The van der Waals surface area contributed by atoms with Gasteiger partial charge in [0.1, 0.15) is 29.3 Å². The number of hydrogen-bond acceptors (Lipinski definition) is 8. The van der Waals surface area contributed by atoms with E-state index in [2.05, 4.69) is 20.3 Å². The normalized spacial score (nSPS) is 28.8. The number of ether oxygens (including phenoxy) is 1. The molecule has 0 spiro atoms. The van der Waals surface area contributed by atoms with Crippen LogP contribution in [0.2, 0.25) is 0 Å². The Balaban J connectivity index is 1.06. The van der Waals surface area contributed by atoms with Crippen molar-refractivity contribution in [3.05, 3.63) is 72.2 Å². The van der Waals surface area contributed by atoms with Crippen LogP contribution in [0, 0.1) is 17.8 Å². The average Bonchev–Trinajstić information content (AvgIpc) is 3.38. The number of H-pyrrole nitrogens is 1. The van der Waals surface area contributed by atoms with Gasteiger partial charge in [0.15, 0.2) is 0 Å². The molecule has 9 nitrogen and oxygen atoms in total. The Labute approximate surface area is 247 Å². The molecular formula is C31H31N4O5PS. The summed E-state index contributed by atoms with van der Waals surface area (Å²) in [7, 11) is -2.87. The van der Waals surface area contributed by atoms with E-state index in [1.807, 2.05) is 60.8 Å². The lowest BCUT2D eigenvalue weighted by molar-refractivity contribution is -0.122. The van der Waals surface area contributed by atoms with Gasteiger partial charge in [0.2, 0.25) is 0 Å². The van der Waals surface area contributed by atoms with Crippen molar-refractivity contribution in [1.29, 1.82) is 0 Å². The summed E-state index contributed by atoms with van der Waals surface area (Å²) >= 11 is 1.55. The first-order valence-electron chi connectivity index (χ1n) is 14.3. The van der Waals surface area contributed by atoms with Crippen molar-refractivity contribution in [2.24, 2.45) is 17.8 Å². The van der Waals surface area contributed by atoms with E-state index in [4.69, 9.17) is 13.8 Å². The fourth-order valence-electron chi connectivity index (χ4n) is 7.90. The fraction of sp³-hybridized carbons (Fsp3) is 0.355. The molecule has 1 aliphatic heterocycles. The lowest BCUT2D eigenvalue weighted by atomic mass is 9.52. The van der Waals surface area contributed by atoms with Gasteiger partial charge in [-0.1, -0.05) is 36.0 Å². The van der Waals surface area contributed by atoms with Crippen LogP contribution in [-0.4, -0.2) is 38.6 Å². The maximum absolute atomic E-state index is 13.8. The Kier molecular flexibility index (Phi) is 6.19. The second kappa shape index (κ2) is 9.88. The molecule has 4 aromatic rings. The summed E-state index contributed by atoms with van der Waals surface area (Å²) in [4.78, 5) is 25.2. The molecule has 5 aliphatic rings. The van der Waals surface area contributed by atoms with Crippen molar-refractivity contribution >= 4 is 48.3 Å². The highest BCUT2D eigenvalue weighted by Gasteiger charge is 2.58. The van der Waals surface area contributed by atoms with E-state index < -0.39 is 13.4 Å². The highest BCUT2D eigenvalue weighted by Crippen LogP contribution is 2.64. The molecular weight excluding hydrogens is 571 g/mol. The van der Waals surface area contributed by atoms with E-state index in [0.717, 1.165) is 51.5 Å². The maximum atomic E-state index is 13.8. The second-order valence-electron chi connectivity index (χ2n) is 11.9. The van der Waals surface area contributed by atoms with Crippen LogP contribution in [0.15, 0.2) is 70.8 Å². The summed E-state index contributed by atoms with van der Waals surface area (Å²) < 4.78 is 31.7. The lowest BCUT2D eigenvalue weighted by Crippen LogP contribution is -2.59. The van der Waals surface area contributed by atoms with Crippen LogP contribution in [-0.2, 0) is 13.6 Å². The number of fused-ring (bicyclic) bond motifs is 3. The zero-order valence-electron chi connectivity index (χ0n) is 23.0. The number of aromatic amines is 1. The molecule has 11 heteroatoms. The van der Waals surface area contributed by atoms with Crippen molar-refractivity contribution in [3.8, 4) is 5.75 Å². The number of phosphoric acid groups is 1. The number of rotatable bonds is 7. The SMILES string of the molecule is COc1cccc2c1Sc1ccccc1C=C2OP(=O)(O)OC12CC3CC(C1)C(Nc1ncnc4[nH]ccc14)C(C3)C2. The third kappa shape index (κ3) is 4.52. The monoisotopic (exact) mass is 602 g/mol. The number of nitrogens with one attached hydrogen (secondary N) is 2. The number of nitrogens with zero attached hydrogens (tertiary/aromatic N) is 2. The topological polar surface area (TPSA) is 119 Å².